The Morgan fingerprint density at radius 2 is 2.19 bits per heavy atom. The molecule has 0 fully saturated rings. The summed E-state index contributed by atoms with van der Waals surface area (Å²) in [4.78, 5) is 12.5. The highest BCUT2D eigenvalue weighted by molar-refractivity contribution is 5.84. The summed E-state index contributed by atoms with van der Waals surface area (Å²) in [5, 5.41) is 12.2. The molecule has 1 aromatic rings. The zero-order valence-corrected chi connectivity index (χ0v) is 13.0. The Hall–Kier alpha value is -1.35. The van der Waals surface area contributed by atoms with Gasteiger partial charge in [0.25, 0.3) is 0 Å². The summed E-state index contributed by atoms with van der Waals surface area (Å²) in [5.74, 6) is 0.551. The summed E-state index contributed by atoms with van der Waals surface area (Å²) in [6.07, 6.45) is 6.04. The highest BCUT2D eigenvalue weighted by Crippen LogP contribution is 2.31. The molecule has 0 bridgehead atoms. The second kappa shape index (κ2) is 8.18. The summed E-state index contributed by atoms with van der Waals surface area (Å²) in [6.45, 7) is 3.03. The van der Waals surface area contributed by atoms with Crippen molar-refractivity contribution in [3.63, 3.8) is 0 Å². The van der Waals surface area contributed by atoms with Gasteiger partial charge in [-0.2, -0.15) is 0 Å². The van der Waals surface area contributed by atoms with Gasteiger partial charge in [0.15, 0.2) is 0 Å². The van der Waals surface area contributed by atoms with Crippen molar-refractivity contribution in [2.75, 3.05) is 13.2 Å². The number of nitrogens with one attached hydrogen (secondary N) is 1. The van der Waals surface area contributed by atoms with E-state index in [1.807, 2.05) is 6.07 Å². The molecule has 2 unspecified atom stereocenters. The number of carbonyl (C=O) groups is 1. The van der Waals surface area contributed by atoms with Crippen LogP contribution in [0.4, 0.5) is 0 Å². The largest absolute Gasteiger partial charge is 0.396 e. The quantitative estimate of drug-likeness (QED) is 0.810. The number of hydrogen-bond acceptors (Lipinski definition) is 2. The number of aliphatic hydroxyl groups excluding tert-OH is 1. The first-order valence-corrected chi connectivity index (χ1v) is 8.22. The van der Waals surface area contributed by atoms with E-state index in [2.05, 4.69) is 30.4 Å². The maximum atomic E-state index is 12.5. The molecular weight excluding hydrogens is 262 g/mol. The van der Waals surface area contributed by atoms with E-state index < -0.39 is 0 Å². The molecule has 2 rings (SSSR count). The first kappa shape index (κ1) is 16.0. The normalized spacial score (nSPS) is 18.9. The van der Waals surface area contributed by atoms with Gasteiger partial charge in [-0.15, -0.1) is 0 Å². The molecule has 116 valence electrons. The molecule has 0 spiro atoms. The molecule has 0 radical (unpaired) electrons. The van der Waals surface area contributed by atoms with E-state index in [0.29, 0.717) is 12.5 Å². The van der Waals surface area contributed by atoms with E-state index in [4.69, 9.17) is 5.11 Å². The molecule has 0 heterocycles. The van der Waals surface area contributed by atoms with E-state index >= 15 is 0 Å². The van der Waals surface area contributed by atoms with E-state index in [1.54, 1.807) is 0 Å². The molecule has 1 aliphatic carbocycles. The molecule has 2 N–H and O–H groups in total. The fourth-order valence-electron chi connectivity index (χ4n) is 3.33. The average molecular weight is 289 g/mol. The van der Waals surface area contributed by atoms with Crippen molar-refractivity contribution in [1.29, 1.82) is 0 Å². The van der Waals surface area contributed by atoms with Crippen LogP contribution in [-0.2, 0) is 11.2 Å². The van der Waals surface area contributed by atoms with E-state index in [9.17, 15) is 4.79 Å². The monoisotopic (exact) mass is 289 g/mol. The maximum absolute atomic E-state index is 12.5. The fourth-order valence-corrected chi connectivity index (χ4v) is 3.33. The molecule has 21 heavy (non-hydrogen) atoms. The maximum Gasteiger partial charge on any atom is 0.227 e. The number of rotatable bonds is 7. The van der Waals surface area contributed by atoms with E-state index in [-0.39, 0.29) is 18.4 Å². The third-order valence-corrected chi connectivity index (χ3v) is 4.49. The van der Waals surface area contributed by atoms with Crippen LogP contribution in [0.1, 0.15) is 56.1 Å². The predicted octanol–water partition coefficient (Wildman–Crippen LogP) is 3.02. The number of hydrogen-bond donors (Lipinski definition) is 2. The third-order valence-electron chi connectivity index (χ3n) is 4.49. The van der Waals surface area contributed by atoms with Gasteiger partial charge in [0.05, 0.1) is 5.92 Å². The molecular formula is C18H27NO2. The standard InChI is InChI=1S/C18H27NO2/c1-2-6-14(11-12-20)13-19-18(21)17-10-5-8-15-7-3-4-9-16(15)17/h3-4,7,9,14,17,20H,2,5-6,8,10-13H2,1H3,(H,19,21). The van der Waals surface area contributed by atoms with Crippen molar-refractivity contribution in [2.45, 2.75) is 51.4 Å². The molecule has 1 amide bonds. The molecule has 0 aromatic heterocycles. The lowest BCUT2D eigenvalue weighted by Gasteiger charge is -2.25. The van der Waals surface area contributed by atoms with Crippen molar-refractivity contribution in [2.24, 2.45) is 5.92 Å². The van der Waals surface area contributed by atoms with Gasteiger partial charge in [-0.25, -0.2) is 0 Å². The number of aryl methyl sites for hydroxylation is 1. The van der Waals surface area contributed by atoms with Gasteiger partial charge in [0.1, 0.15) is 0 Å². The SMILES string of the molecule is CCCC(CCO)CNC(=O)C1CCCc2ccccc21. The minimum Gasteiger partial charge on any atom is -0.396 e. The summed E-state index contributed by atoms with van der Waals surface area (Å²) >= 11 is 0. The number of carbonyl (C=O) groups excluding carboxylic acids is 1. The number of aliphatic hydroxyl groups is 1. The van der Waals surface area contributed by atoms with Crippen LogP contribution in [0.3, 0.4) is 0 Å². The molecule has 0 saturated heterocycles. The zero-order chi connectivity index (χ0) is 15.1. The Bertz CT molecular complexity index is 452. The first-order chi connectivity index (χ1) is 10.3. The van der Waals surface area contributed by atoms with Crippen molar-refractivity contribution >= 4 is 5.91 Å². The van der Waals surface area contributed by atoms with Gasteiger partial charge in [0, 0.05) is 13.2 Å². The highest BCUT2D eigenvalue weighted by Gasteiger charge is 2.26. The second-order valence-corrected chi connectivity index (χ2v) is 6.06. The Morgan fingerprint density at radius 1 is 1.38 bits per heavy atom. The van der Waals surface area contributed by atoms with E-state index in [1.165, 1.54) is 11.1 Å². The van der Waals surface area contributed by atoms with Gasteiger partial charge >= 0.3 is 0 Å². The van der Waals surface area contributed by atoms with Crippen LogP contribution in [0.2, 0.25) is 0 Å². The topological polar surface area (TPSA) is 49.3 Å². The summed E-state index contributed by atoms with van der Waals surface area (Å²) < 4.78 is 0. The highest BCUT2D eigenvalue weighted by atomic mass is 16.3. The van der Waals surface area contributed by atoms with Gasteiger partial charge in [0.2, 0.25) is 5.91 Å². The molecule has 3 heteroatoms. The molecule has 1 aliphatic rings. The lowest BCUT2D eigenvalue weighted by Crippen LogP contribution is -2.35. The van der Waals surface area contributed by atoms with Crippen molar-refractivity contribution in [3.05, 3.63) is 35.4 Å². The van der Waals surface area contributed by atoms with Crippen molar-refractivity contribution in [1.82, 2.24) is 5.32 Å². The van der Waals surface area contributed by atoms with Crippen LogP contribution in [0.5, 0.6) is 0 Å². The molecule has 3 nitrogen and oxygen atoms in total. The van der Waals surface area contributed by atoms with E-state index in [0.717, 1.165) is 38.5 Å². The van der Waals surface area contributed by atoms with Gasteiger partial charge < -0.3 is 10.4 Å². The Morgan fingerprint density at radius 3 is 2.95 bits per heavy atom. The number of fused-ring (bicyclic) bond motifs is 1. The van der Waals surface area contributed by atoms with Crippen molar-refractivity contribution < 1.29 is 9.90 Å². The van der Waals surface area contributed by atoms with Crippen LogP contribution in [-0.4, -0.2) is 24.2 Å². The lowest BCUT2D eigenvalue weighted by atomic mass is 9.82. The average Bonchev–Trinajstić information content (AvgIpc) is 2.52. The summed E-state index contributed by atoms with van der Waals surface area (Å²) in [7, 11) is 0. The van der Waals surface area contributed by atoms with Crippen LogP contribution in [0.25, 0.3) is 0 Å². The summed E-state index contributed by atoms with van der Waals surface area (Å²) in [5.41, 5.74) is 2.53. The minimum absolute atomic E-state index is 0.00588. The zero-order valence-electron chi connectivity index (χ0n) is 13.0. The van der Waals surface area contributed by atoms with Crippen LogP contribution < -0.4 is 5.32 Å². The minimum atomic E-state index is 0.00588. The van der Waals surface area contributed by atoms with Gasteiger partial charge in [-0.3, -0.25) is 4.79 Å². The smallest absolute Gasteiger partial charge is 0.227 e. The lowest BCUT2D eigenvalue weighted by molar-refractivity contribution is -0.123. The molecule has 0 saturated carbocycles. The first-order valence-electron chi connectivity index (χ1n) is 8.22. The second-order valence-electron chi connectivity index (χ2n) is 6.06. The van der Waals surface area contributed by atoms with Crippen LogP contribution >= 0.6 is 0 Å². The van der Waals surface area contributed by atoms with Gasteiger partial charge in [-0.1, -0.05) is 37.6 Å². The predicted molar refractivity (Wildman–Crippen MR) is 85.2 cm³/mol. The van der Waals surface area contributed by atoms with Crippen LogP contribution in [0.15, 0.2) is 24.3 Å². The number of amides is 1. The summed E-state index contributed by atoms with van der Waals surface area (Å²) in [6, 6.07) is 8.31. The van der Waals surface area contributed by atoms with Crippen LogP contribution in [0, 0.1) is 5.92 Å². The Balaban J connectivity index is 1.95. The number of benzene rings is 1. The Kier molecular flexibility index (Phi) is 6.24. The Labute approximate surface area is 127 Å². The van der Waals surface area contributed by atoms with Gasteiger partial charge in [-0.05, 0) is 49.1 Å². The molecule has 0 aliphatic heterocycles. The fraction of sp³-hybridized carbons (Fsp3) is 0.611. The molecule has 2 atom stereocenters. The third kappa shape index (κ3) is 4.31. The molecule has 1 aromatic carbocycles. The van der Waals surface area contributed by atoms with Crippen molar-refractivity contribution in [3.8, 4) is 0 Å².